The number of amides is 1. The van der Waals surface area contributed by atoms with Crippen molar-refractivity contribution in [3.63, 3.8) is 0 Å². The van der Waals surface area contributed by atoms with Gasteiger partial charge in [-0.2, -0.15) is 0 Å². The molecule has 0 aromatic heterocycles. The molecule has 4 heteroatoms. The number of unbranched alkanes of at least 4 members (excludes halogenated alkanes) is 32. The van der Waals surface area contributed by atoms with Gasteiger partial charge in [0, 0.05) is 6.42 Å². The summed E-state index contributed by atoms with van der Waals surface area (Å²) in [6.07, 6.45) is 92.7. The summed E-state index contributed by atoms with van der Waals surface area (Å²) >= 11 is 0. The SMILES string of the molecule is CC/C=C\C/C=C\C/C=C\C/C=C\C/C=C\C/C=C\C/C=C\CCCCCCCCCCCCCC(=O)NC(CO)C(O)/C=C/CC/C=C/CCCCCCCCCCCCCCCCCCCCCC. The molecule has 0 aliphatic rings. The Balaban J connectivity index is 3.58. The van der Waals surface area contributed by atoms with Crippen LogP contribution in [0.2, 0.25) is 0 Å². The van der Waals surface area contributed by atoms with Gasteiger partial charge in [0.1, 0.15) is 0 Å². The van der Waals surface area contributed by atoms with Gasteiger partial charge in [-0.1, -0.05) is 303 Å². The van der Waals surface area contributed by atoms with Crippen LogP contribution < -0.4 is 5.32 Å². The fraction of sp³-hybridized carbons (Fsp3) is 0.716. The molecule has 0 heterocycles. The Bertz CT molecular complexity index is 1350. The highest BCUT2D eigenvalue weighted by molar-refractivity contribution is 5.76. The number of allylic oxidation sites excluding steroid dienone is 17. The Labute approximate surface area is 442 Å². The number of hydrogen-bond acceptors (Lipinski definition) is 3. The van der Waals surface area contributed by atoms with Crippen LogP contribution in [-0.2, 0) is 4.79 Å². The van der Waals surface area contributed by atoms with Crippen LogP contribution in [0.5, 0.6) is 0 Å². The highest BCUT2D eigenvalue weighted by atomic mass is 16.3. The molecule has 1 amide bonds. The zero-order valence-electron chi connectivity index (χ0n) is 47.0. The lowest BCUT2D eigenvalue weighted by Gasteiger charge is -2.19. The van der Waals surface area contributed by atoms with Crippen LogP contribution in [0, 0.1) is 0 Å². The second kappa shape index (κ2) is 61.4. The number of hydrogen-bond donors (Lipinski definition) is 3. The van der Waals surface area contributed by atoms with Gasteiger partial charge in [0.25, 0.3) is 0 Å². The van der Waals surface area contributed by atoms with Gasteiger partial charge in [-0.3, -0.25) is 4.79 Å². The van der Waals surface area contributed by atoms with Crippen LogP contribution in [0.15, 0.2) is 109 Å². The van der Waals surface area contributed by atoms with Crippen molar-refractivity contribution in [2.75, 3.05) is 6.61 Å². The molecule has 408 valence electrons. The second-order valence-corrected chi connectivity index (χ2v) is 20.4. The monoisotopic (exact) mass is 984 g/mol. The number of nitrogens with one attached hydrogen (secondary N) is 1. The molecule has 0 spiro atoms. The van der Waals surface area contributed by atoms with Crippen molar-refractivity contribution in [2.45, 2.75) is 302 Å². The first kappa shape index (κ1) is 68.0. The number of carbonyl (C=O) groups is 1. The van der Waals surface area contributed by atoms with Gasteiger partial charge in [-0.15, -0.1) is 0 Å². The smallest absolute Gasteiger partial charge is 0.220 e. The molecule has 0 rings (SSSR count). The maximum Gasteiger partial charge on any atom is 0.220 e. The third kappa shape index (κ3) is 57.8. The average Bonchev–Trinajstić information content (AvgIpc) is 3.37. The molecule has 0 aliphatic heterocycles. The third-order valence-electron chi connectivity index (χ3n) is 13.5. The molecule has 3 N–H and O–H groups in total. The molecular formula is C67H117NO3. The van der Waals surface area contributed by atoms with Crippen molar-refractivity contribution in [3.8, 4) is 0 Å². The zero-order chi connectivity index (χ0) is 51.3. The van der Waals surface area contributed by atoms with E-state index >= 15 is 0 Å². The van der Waals surface area contributed by atoms with E-state index in [0.717, 1.165) is 77.0 Å². The fourth-order valence-corrected chi connectivity index (χ4v) is 8.88. The summed E-state index contributed by atoms with van der Waals surface area (Å²) < 4.78 is 0. The van der Waals surface area contributed by atoms with Gasteiger partial charge < -0.3 is 15.5 Å². The summed E-state index contributed by atoms with van der Waals surface area (Å²) in [6, 6.07) is -0.649. The van der Waals surface area contributed by atoms with Crippen molar-refractivity contribution < 1.29 is 15.0 Å². The Hall–Kier alpha value is -2.95. The predicted octanol–water partition coefficient (Wildman–Crippen LogP) is 20.6. The standard InChI is InChI=1S/C67H117NO3/c1-3-5-7-9-11-13-15-17-19-21-23-25-27-29-31-32-33-34-35-36-37-39-41-43-45-47-49-51-53-55-57-59-61-63-67(71)68-65(64-69)66(70)62-60-58-56-54-52-50-48-46-44-42-40-38-30-28-26-24-22-20-18-16-14-12-10-8-6-4-2/h5,7,11,13,17,19,23,25,29,31,33-34,36-37,52,54,60,62,65-66,69-70H,3-4,6,8-10,12,14-16,18,20-22,24,26-28,30,32,35,38-51,53,55-59,61,63-64H2,1-2H3,(H,68,71)/b7-5-,13-11-,19-17-,25-23-,31-29-,34-33-,37-36-,54-52+,62-60+. The molecule has 71 heavy (non-hydrogen) atoms. The van der Waals surface area contributed by atoms with Crippen LogP contribution in [0.25, 0.3) is 0 Å². The lowest BCUT2D eigenvalue weighted by atomic mass is 10.0. The molecule has 0 aliphatic carbocycles. The minimum absolute atomic E-state index is 0.0789. The Morgan fingerprint density at radius 2 is 0.634 bits per heavy atom. The maximum atomic E-state index is 12.5. The molecule has 0 radical (unpaired) electrons. The number of aliphatic hydroxyl groups excluding tert-OH is 2. The lowest BCUT2D eigenvalue weighted by molar-refractivity contribution is -0.123. The summed E-state index contributed by atoms with van der Waals surface area (Å²) in [7, 11) is 0. The molecule has 0 bridgehead atoms. The van der Waals surface area contributed by atoms with Crippen LogP contribution in [0.4, 0.5) is 0 Å². The van der Waals surface area contributed by atoms with Crippen molar-refractivity contribution in [1.29, 1.82) is 0 Å². The van der Waals surface area contributed by atoms with Gasteiger partial charge in [0.05, 0.1) is 18.8 Å². The molecule has 2 unspecified atom stereocenters. The van der Waals surface area contributed by atoms with E-state index in [0.29, 0.717) is 6.42 Å². The van der Waals surface area contributed by atoms with E-state index in [1.165, 1.54) is 193 Å². The normalized spacial score (nSPS) is 13.6. The van der Waals surface area contributed by atoms with Gasteiger partial charge >= 0.3 is 0 Å². The molecule has 0 saturated carbocycles. The van der Waals surface area contributed by atoms with Gasteiger partial charge in [-0.05, 0) is 89.9 Å². The third-order valence-corrected chi connectivity index (χ3v) is 13.5. The first-order valence-corrected chi connectivity index (χ1v) is 30.6. The van der Waals surface area contributed by atoms with E-state index < -0.39 is 12.1 Å². The number of carbonyl (C=O) groups excluding carboxylic acids is 1. The lowest BCUT2D eigenvalue weighted by Crippen LogP contribution is -2.45. The summed E-state index contributed by atoms with van der Waals surface area (Å²) in [5, 5.41) is 23.2. The average molecular weight is 985 g/mol. The van der Waals surface area contributed by atoms with Crippen molar-refractivity contribution in [3.05, 3.63) is 109 Å². The molecule has 0 aromatic carbocycles. The van der Waals surface area contributed by atoms with E-state index in [1.54, 1.807) is 6.08 Å². The molecule has 0 aromatic rings. The van der Waals surface area contributed by atoms with E-state index in [-0.39, 0.29) is 12.5 Å². The quantitative estimate of drug-likeness (QED) is 0.0420. The minimum atomic E-state index is -0.872. The maximum absolute atomic E-state index is 12.5. The largest absolute Gasteiger partial charge is 0.394 e. The number of aliphatic hydroxyl groups is 2. The Morgan fingerprint density at radius 3 is 0.986 bits per heavy atom. The molecule has 4 nitrogen and oxygen atoms in total. The molecule has 2 atom stereocenters. The molecule has 0 fully saturated rings. The van der Waals surface area contributed by atoms with Crippen molar-refractivity contribution in [2.24, 2.45) is 0 Å². The van der Waals surface area contributed by atoms with Gasteiger partial charge in [-0.25, -0.2) is 0 Å². The van der Waals surface area contributed by atoms with Gasteiger partial charge in [0.15, 0.2) is 0 Å². The van der Waals surface area contributed by atoms with Gasteiger partial charge in [0.2, 0.25) is 5.91 Å². The fourth-order valence-electron chi connectivity index (χ4n) is 8.88. The van der Waals surface area contributed by atoms with E-state index in [1.807, 2.05) is 6.08 Å². The first-order chi connectivity index (χ1) is 35.2. The van der Waals surface area contributed by atoms with Crippen LogP contribution in [0.3, 0.4) is 0 Å². The Morgan fingerprint density at radius 1 is 0.352 bits per heavy atom. The van der Waals surface area contributed by atoms with Crippen molar-refractivity contribution in [1.82, 2.24) is 5.32 Å². The molecule has 0 saturated heterocycles. The minimum Gasteiger partial charge on any atom is -0.394 e. The summed E-state index contributed by atoms with van der Waals surface area (Å²) in [6.45, 7) is 4.20. The topological polar surface area (TPSA) is 69.6 Å². The summed E-state index contributed by atoms with van der Waals surface area (Å²) in [5.74, 6) is -0.0789. The summed E-state index contributed by atoms with van der Waals surface area (Å²) in [4.78, 5) is 12.5. The van der Waals surface area contributed by atoms with Crippen LogP contribution in [0.1, 0.15) is 290 Å². The first-order valence-electron chi connectivity index (χ1n) is 30.6. The predicted molar refractivity (Wildman–Crippen MR) is 317 cm³/mol. The van der Waals surface area contributed by atoms with Crippen LogP contribution >= 0.6 is 0 Å². The molecular weight excluding hydrogens is 867 g/mol. The summed E-state index contributed by atoms with van der Waals surface area (Å²) in [5.41, 5.74) is 0. The Kier molecular flexibility index (Phi) is 58.8. The second-order valence-electron chi connectivity index (χ2n) is 20.4. The van der Waals surface area contributed by atoms with E-state index in [4.69, 9.17) is 0 Å². The van der Waals surface area contributed by atoms with E-state index in [2.05, 4.69) is 116 Å². The zero-order valence-corrected chi connectivity index (χ0v) is 47.0. The highest BCUT2D eigenvalue weighted by Gasteiger charge is 2.18. The van der Waals surface area contributed by atoms with Crippen LogP contribution in [-0.4, -0.2) is 34.9 Å². The number of rotatable bonds is 55. The van der Waals surface area contributed by atoms with Crippen molar-refractivity contribution >= 4 is 5.91 Å². The van der Waals surface area contributed by atoms with E-state index in [9.17, 15) is 15.0 Å². The highest BCUT2D eigenvalue weighted by Crippen LogP contribution is 2.16.